The third-order valence-electron chi connectivity index (χ3n) is 10.1. The first-order chi connectivity index (χ1) is 27.4. The number of unbranched alkanes of at least 4 members (excludes halogenated alkanes) is 25. The topological polar surface area (TPSA) is 131 Å². The number of phosphoric ester groups is 1. The third kappa shape index (κ3) is 40.6. The summed E-state index contributed by atoms with van der Waals surface area (Å²) in [6.07, 6.45) is 53.1. The Hall–Kier alpha value is -1.54. The minimum Gasteiger partial charge on any atom is -0.387 e. The number of aliphatic hydroxyl groups excluding tert-OH is 1. The Morgan fingerprint density at radius 1 is 0.571 bits per heavy atom. The molecule has 9 heteroatoms. The SMILES string of the molecule is CCCCCCCCC/C=C\CCCCCCCCCC(=O)NC(COP(=O)(O)OCCN)C(O)/C=C/CC/C=C/CC/C=C/CCCCCCCCCCC. The molecule has 0 aromatic rings. The van der Waals surface area contributed by atoms with Crippen LogP contribution in [0.25, 0.3) is 0 Å². The van der Waals surface area contributed by atoms with Gasteiger partial charge in [-0.3, -0.25) is 13.8 Å². The number of allylic oxidation sites excluding steroid dienone is 7. The van der Waals surface area contributed by atoms with E-state index in [1.54, 1.807) is 6.08 Å². The lowest BCUT2D eigenvalue weighted by molar-refractivity contribution is -0.123. The second-order valence-corrected chi connectivity index (χ2v) is 17.0. The Kier molecular flexibility index (Phi) is 41.9. The van der Waals surface area contributed by atoms with E-state index in [1.807, 2.05) is 6.08 Å². The number of aliphatic hydroxyl groups is 1. The molecule has 8 nitrogen and oxygen atoms in total. The van der Waals surface area contributed by atoms with Gasteiger partial charge >= 0.3 is 7.82 Å². The Morgan fingerprint density at radius 3 is 1.38 bits per heavy atom. The molecule has 3 unspecified atom stereocenters. The third-order valence-corrected chi connectivity index (χ3v) is 11.1. The van der Waals surface area contributed by atoms with Crippen molar-refractivity contribution in [3.8, 4) is 0 Å². The Labute approximate surface area is 345 Å². The molecule has 0 aliphatic heterocycles. The molecule has 0 fully saturated rings. The van der Waals surface area contributed by atoms with Gasteiger partial charge in [-0.25, -0.2) is 4.57 Å². The van der Waals surface area contributed by atoms with Crippen molar-refractivity contribution in [3.05, 3.63) is 48.6 Å². The summed E-state index contributed by atoms with van der Waals surface area (Å²) in [6, 6.07) is -0.886. The zero-order valence-electron chi connectivity index (χ0n) is 36.4. The maximum absolute atomic E-state index is 12.8. The summed E-state index contributed by atoms with van der Waals surface area (Å²) in [7, 11) is -4.35. The zero-order valence-corrected chi connectivity index (χ0v) is 37.3. The van der Waals surface area contributed by atoms with Crippen molar-refractivity contribution in [2.75, 3.05) is 19.8 Å². The molecule has 0 bridgehead atoms. The van der Waals surface area contributed by atoms with E-state index in [9.17, 15) is 19.4 Å². The molecule has 0 heterocycles. The summed E-state index contributed by atoms with van der Waals surface area (Å²) in [5.74, 6) is -0.213. The number of nitrogens with one attached hydrogen (secondary N) is 1. The monoisotopic (exact) mass is 809 g/mol. The highest BCUT2D eigenvalue weighted by Gasteiger charge is 2.26. The normalized spacial score (nSPS) is 14.4. The Bertz CT molecular complexity index is 1020. The summed E-state index contributed by atoms with van der Waals surface area (Å²) in [5, 5.41) is 13.7. The van der Waals surface area contributed by atoms with Crippen LogP contribution in [0.4, 0.5) is 0 Å². The standard InChI is InChI=1S/C47H89N2O6P/c1-3-5-7-9-11-13-15-17-19-21-23-24-26-28-30-32-34-36-38-40-46(50)45(44-55-56(52,53)54-43-42-48)49-47(51)41-39-37-35-33-31-29-27-25-22-20-18-16-14-12-10-8-6-4-2/h20,22-24,30,32,38,40,45-46,50H,3-19,21,25-29,31,33-37,39,41-44,48H2,1-2H3,(H,49,51)(H,52,53)/b22-20-,24-23+,32-30+,40-38+. The van der Waals surface area contributed by atoms with Crippen molar-refractivity contribution in [1.82, 2.24) is 5.32 Å². The van der Waals surface area contributed by atoms with Crippen LogP contribution in [0, 0.1) is 0 Å². The number of carbonyl (C=O) groups is 1. The molecule has 5 N–H and O–H groups in total. The van der Waals surface area contributed by atoms with Crippen LogP contribution < -0.4 is 11.1 Å². The van der Waals surface area contributed by atoms with Crippen LogP contribution in [-0.2, 0) is 18.4 Å². The molecular formula is C47H89N2O6P. The minimum atomic E-state index is -4.35. The van der Waals surface area contributed by atoms with Gasteiger partial charge in [-0.2, -0.15) is 0 Å². The molecule has 3 atom stereocenters. The number of carbonyl (C=O) groups excluding carboxylic acids is 1. The molecule has 0 aromatic heterocycles. The molecule has 0 aliphatic carbocycles. The number of hydrogen-bond acceptors (Lipinski definition) is 6. The summed E-state index contributed by atoms with van der Waals surface area (Å²) in [6.45, 7) is 4.10. The van der Waals surface area contributed by atoms with Gasteiger partial charge in [-0.05, 0) is 70.6 Å². The lowest BCUT2D eigenvalue weighted by atomic mass is 10.1. The van der Waals surface area contributed by atoms with E-state index in [4.69, 9.17) is 14.8 Å². The smallest absolute Gasteiger partial charge is 0.387 e. The van der Waals surface area contributed by atoms with Crippen molar-refractivity contribution >= 4 is 13.7 Å². The molecule has 0 rings (SSSR count). The van der Waals surface area contributed by atoms with Gasteiger partial charge in [0.1, 0.15) is 0 Å². The van der Waals surface area contributed by atoms with Crippen molar-refractivity contribution in [3.63, 3.8) is 0 Å². The number of amides is 1. The summed E-state index contributed by atoms with van der Waals surface area (Å²) < 4.78 is 22.1. The number of phosphoric acid groups is 1. The summed E-state index contributed by atoms with van der Waals surface area (Å²) >= 11 is 0. The number of rotatable bonds is 43. The fraction of sp³-hybridized carbons (Fsp3) is 0.809. The fourth-order valence-corrected chi connectivity index (χ4v) is 7.33. The van der Waals surface area contributed by atoms with Gasteiger partial charge in [0.2, 0.25) is 5.91 Å². The van der Waals surface area contributed by atoms with E-state index in [-0.39, 0.29) is 25.7 Å². The van der Waals surface area contributed by atoms with E-state index in [1.165, 1.54) is 148 Å². The predicted molar refractivity (Wildman–Crippen MR) is 240 cm³/mol. The van der Waals surface area contributed by atoms with Crippen LogP contribution in [0.15, 0.2) is 48.6 Å². The highest BCUT2D eigenvalue weighted by Crippen LogP contribution is 2.43. The van der Waals surface area contributed by atoms with Crippen molar-refractivity contribution in [1.29, 1.82) is 0 Å². The van der Waals surface area contributed by atoms with E-state index < -0.39 is 20.0 Å². The average molecular weight is 809 g/mol. The maximum Gasteiger partial charge on any atom is 0.472 e. The quantitative estimate of drug-likeness (QED) is 0.0274. The van der Waals surface area contributed by atoms with E-state index >= 15 is 0 Å². The minimum absolute atomic E-state index is 0.0702. The van der Waals surface area contributed by atoms with Crippen LogP contribution in [0.3, 0.4) is 0 Å². The average Bonchev–Trinajstić information content (AvgIpc) is 3.19. The molecule has 0 spiro atoms. The van der Waals surface area contributed by atoms with E-state index in [0.717, 1.165) is 44.9 Å². The van der Waals surface area contributed by atoms with Crippen LogP contribution in [0.5, 0.6) is 0 Å². The molecule has 328 valence electrons. The Balaban J connectivity index is 4.26. The van der Waals surface area contributed by atoms with Crippen LogP contribution in [0.1, 0.15) is 213 Å². The highest BCUT2D eigenvalue weighted by molar-refractivity contribution is 7.47. The van der Waals surface area contributed by atoms with Gasteiger partial charge in [-0.1, -0.05) is 184 Å². The van der Waals surface area contributed by atoms with Crippen molar-refractivity contribution in [2.45, 2.75) is 225 Å². The van der Waals surface area contributed by atoms with Gasteiger partial charge in [-0.15, -0.1) is 0 Å². The Morgan fingerprint density at radius 2 is 0.946 bits per heavy atom. The van der Waals surface area contributed by atoms with Crippen molar-refractivity contribution in [2.24, 2.45) is 5.73 Å². The van der Waals surface area contributed by atoms with E-state index in [2.05, 4.69) is 55.6 Å². The number of nitrogens with two attached hydrogens (primary N) is 1. The van der Waals surface area contributed by atoms with Crippen molar-refractivity contribution < 1.29 is 28.4 Å². The second kappa shape index (κ2) is 43.0. The molecule has 0 aliphatic rings. The largest absolute Gasteiger partial charge is 0.472 e. The van der Waals surface area contributed by atoms with Gasteiger partial charge in [0, 0.05) is 13.0 Å². The summed E-state index contributed by atoms with van der Waals surface area (Å²) in [4.78, 5) is 22.7. The second-order valence-electron chi connectivity index (χ2n) is 15.6. The fourth-order valence-electron chi connectivity index (χ4n) is 6.57. The first-order valence-electron chi connectivity index (χ1n) is 23.3. The molecule has 1 amide bonds. The maximum atomic E-state index is 12.8. The molecule has 0 saturated carbocycles. The lowest BCUT2D eigenvalue weighted by Gasteiger charge is -2.23. The molecule has 0 radical (unpaired) electrons. The van der Waals surface area contributed by atoms with Crippen LogP contribution >= 0.6 is 7.82 Å². The molecule has 56 heavy (non-hydrogen) atoms. The van der Waals surface area contributed by atoms with Gasteiger partial charge in [0.25, 0.3) is 0 Å². The highest BCUT2D eigenvalue weighted by atomic mass is 31.2. The van der Waals surface area contributed by atoms with Gasteiger partial charge < -0.3 is 21.1 Å². The van der Waals surface area contributed by atoms with Gasteiger partial charge in [0.05, 0.1) is 25.4 Å². The van der Waals surface area contributed by atoms with Gasteiger partial charge in [0.15, 0.2) is 0 Å². The first kappa shape index (κ1) is 54.5. The molecule has 0 aromatic carbocycles. The van der Waals surface area contributed by atoms with Crippen LogP contribution in [-0.4, -0.2) is 47.8 Å². The van der Waals surface area contributed by atoms with Crippen LogP contribution in [0.2, 0.25) is 0 Å². The molecular weight excluding hydrogens is 719 g/mol. The predicted octanol–water partition coefficient (Wildman–Crippen LogP) is 13.3. The summed E-state index contributed by atoms with van der Waals surface area (Å²) in [5.41, 5.74) is 5.38. The first-order valence-corrected chi connectivity index (χ1v) is 24.8. The number of hydrogen-bond donors (Lipinski definition) is 4. The van der Waals surface area contributed by atoms with E-state index in [0.29, 0.717) is 6.42 Å². The molecule has 0 saturated heterocycles. The zero-order chi connectivity index (χ0) is 41.1. The lowest BCUT2D eigenvalue weighted by Crippen LogP contribution is -2.45.